The number of carbonyl (C=O) groups excluding carboxylic acids is 1. The predicted molar refractivity (Wildman–Crippen MR) is 93.9 cm³/mol. The second-order valence-electron chi connectivity index (χ2n) is 5.25. The van der Waals surface area contributed by atoms with E-state index < -0.39 is 0 Å². The summed E-state index contributed by atoms with van der Waals surface area (Å²) in [5.74, 6) is 0.221. The molecule has 0 aliphatic carbocycles. The van der Waals surface area contributed by atoms with Crippen molar-refractivity contribution in [1.82, 2.24) is 10.2 Å². The molecule has 0 bridgehead atoms. The van der Waals surface area contributed by atoms with Gasteiger partial charge in [-0.3, -0.25) is 10.1 Å². The molecule has 0 fully saturated rings. The molecule has 5 nitrogen and oxygen atoms in total. The number of carbonyl (C=O) groups is 1. The Morgan fingerprint density at radius 2 is 1.92 bits per heavy atom. The number of hydrogen-bond acceptors (Lipinski definition) is 5. The molecule has 0 spiro atoms. The first-order chi connectivity index (χ1) is 11.8. The van der Waals surface area contributed by atoms with Crippen LogP contribution < -0.4 is 5.32 Å². The van der Waals surface area contributed by atoms with Gasteiger partial charge in [-0.25, -0.2) is 0 Å². The van der Waals surface area contributed by atoms with Crippen LogP contribution in [0.5, 0.6) is 0 Å². The van der Waals surface area contributed by atoms with Crippen molar-refractivity contribution in [3.63, 3.8) is 0 Å². The van der Waals surface area contributed by atoms with Gasteiger partial charge < -0.3 is 4.42 Å². The molecule has 0 aliphatic rings. The highest BCUT2D eigenvalue weighted by atomic mass is 32.1. The van der Waals surface area contributed by atoms with Crippen LogP contribution in [0.4, 0.5) is 6.01 Å². The van der Waals surface area contributed by atoms with E-state index in [9.17, 15) is 4.79 Å². The molecule has 0 aliphatic heterocycles. The molecule has 1 amide bonds. The largest absolute Gasteiger partial charge is 0.402 e. The zero-order valence-corrected chi connectivity index (χ0v) is 13.4. The summed E-state index contributed by atoms with van der Waals surface area (Å²) in [4.78, 5) is 13.2. The SMILES string of the molecule is O=C(Cc1cccc2ccccc12)Nc1nnc(-c2cccs2)o1. The molecular formula is C18H13N3O2S. The summed E-state index contributed by atoms with van der Waals surface area (Å²) in [6, 6.07) is 17.8. The first-order valence-corrected chi connectivity index (χ1v) is 8.31. The van der Waals surface area contributed by atoms with Gasteiger partial charge in [0.25, 0.3) is 5.89 Å². The van der Waals surface area contributed by atoms with Crippen molar-refractivity contribution in [2.45, 2.75) is 6.42 Å². The molecule has 0 unspecified atom stereocenters. The lowest BCUT2D eigenvalue weighted by Crippen LogP contribution is -2.14. The number of thiophene rings is 1. The van der Waals surface area contributed by atoms with Crippen molar-refractivity contribution >= 4 is 34.0 Å². The Balaban J connectivity index is 1.50. The standard InChI is InChI=1S/C18H13N3O2S/c22-16(11-13-7-3-6-12-5-1-2-8-14(12)13)19-18-21-20-17(23-18)15-9-4-10-24-15/h1-10H,11H2,(H,19,21,22). The van der Waals surface area contributed by atoms with Crippen LogP contribution in [0.15, 0.2) is 64.4 Å². The Labute approximate surface area is 142 Å². The van der Waals surface area contributed by atoms with Crippen molar-refractivity contribution in [1.29, 1.82) is 0 Å². The fourth-order valence-corrected chi connectivity index (χ4v) is 3.20. The summed E-state index contributed by atoms with van der Waals surface area (Å²) in [6.45, 7) is 0. The van der Waals surface area contributed by atoms with E-state index in [2.05, 4.69) is 15.5 Å². The summed E-state index contributed by atoms with van der Waals surface area (Å²) in [5.41, 5.74) is 0.962. The number of rotatable bonds is 4. The van der Waals surface area contributed by atoms with E-state index >= 15 is 0 Å². The third kappa shape index (κ3) is 2.91. The van der Waals surface area contributed by atoms with Gasteiger partial charge in [0.05, 0.1) is 11.3 Å². The minimum atomic E-state index is -0.187. The van der Waals surface area contributed by atoms with Crippen molar-refractivity contribution in [3.05, 3.63) is 65.5 Å². The second kappa shape index (κ2) is 6.25. The quantitative estimate of drug-likeness (QED) is 0.609. The van der Waals surface area contributed by atoms with Crippen LogP contribution >= 0.6 is 11.3 Å². The number of anilines is 1. The maximum Gasteiger partial charge on any atom is 0.322 e. The Morgan fingerprint density at radius 3 is 2.79 bits per heavy atom. The summed E-state index contributed by atoms with van der Waals surface area (Å²) in [5, 5.41) is 14.6. The Bertz CT molecular complexity index is 987. The fraction of sp³-hybridized carbons (Fsp3) is 0.0556. The van der Waals surface area contributed by atoms with Gasteiger partial charge in [-0.15, -0.1) is 16.4 Å². The molecule has 2 heterocycles. The van der Waals surface area contributed by atoms with E-state index in [4.69, 9.17) is 4.42 Å². The molecule has 2 aromatic carbocycles. The molecule has 0 radical (unpaired) electrons. The first kappa shape index (κ1) is 14.6. The lowest BCUT2D eigenvalue weighted by Gasteiger charge is -2.05. The van der Waals surface area contributed by atoms with Gasteiger partial charge in [0.2, 0.25) is 5.91 Å². The van der Waals surface area contributed by atoms with Crippen LogP contribution in [0, 0.1) is 0 Å². The normalized spacial score (nSPS) is 10.8. The molecule has 1 N–H and O–H groups in total. The highest BCUT2D eigenvalue weighted by Crippen LogP contribution is 2.24. The highest BCUT2D eigenvalue weighted by Gasteiger charge is 2.13. The molecular weight excluding hydrogens is 322 g/mol. The maximum absolute atomic E-state index is 12.3. The maximum atomic E-state index is 12.3. The smallest absolute Gasteiger partial charge is 0.322 e. The molecule has 24 heavy (non-hydrogen) atoms. The number of benzene rings is 2. The van der Waals surface area contributed by atoms with Gasteiger partial charge in [0, 0.05) is 0 Å². The van der Waals surface area contributed by atoms with Crippen LogP contribution in [0.3, 0.4) is 0 Å². The summed E-state index contributed by atoms with van der Waals surface area (Å²) < 4.78 is 5.48. The van der Waals surface area contributed by atoms with Crippen LogP contribution in [-0.4, -0.2) is 16.1 Å². The lowest BCUT2D eigenvalue weighted by molar-refractivity contribution is -0.115. The number of aromatic nitrogens is 2. The summed E-state index contributed by atoms with van der Waals surface area (Å²) >= 11 is 1.50. The van der Waals surface area contributed by atoms with Crippen LogP contribution in [0.25, 0.3) is 21.5 Å². The van der Waals surface area contributed by atoms with Crippen molar-refractivity contribution in [2.75, 3.05) is 5.32 Å². The van der Waals surface area contributed by atoms with Gasteiger partial charge >= 0.3 is 6.01 Å². The minimum absolute atomic E-state index is 0.114. The second-order valence-corrected chi connectivity index (χ2v) is 6.20. The van der Waals surface area contributed by atoms with E-state index in [1.807, 2.05) is 60.0 Å². The Morgan fingerprint density at radius 1 is 1.04 bits per heavy atom. The zero-order valence-electron chi connectivity index (χ0n) is 12.6. The molecule has 0 saturated heterocycles. The van der Waals surface area contributed by atoms with Gasteiger partial charge in [-0.05, 0) is 27.8 Å². The molecule has 4 aromatic rings. The van der Waals surface area contributed by atoms with Gasteiger partial charge in [0.15, 0.2) is 0 Å². The number of amides is 1. The molecule has 0 atom stereocenters. The number of hydrogen-bond donors (Lipinski definition) is 1. The lowest BCUT2D eigenvalue weighted by atomic mass is 10.0. The predicted octanol–water partition coefficient (Wildman–Crippen LogP) is 4.13. The molecule has 0 saturated carbocycles. The van der Waals surface area contributed by atoms with Crippen molar-refractivity contribution < 1.29 is 9.21 Å². The summed E-state index contributed by atoms with van der Waals surface area (Å²) in [6.07, 6.45) is 0.248. The average molecular weight is 335 g/mol. The van der Waals surface area contributed by atoms with Gasteiger partial charge in [0.1, 0.15) is 0 Å². The molecule has 6 heteroatoms. The average Bonchev–Trinajstić information content (AvgIpc) is 3.26. The highest BCUT2D eigenvalue weighted by molar-refractivity contribution is 7.13. The monoisotopic (exact) mass is 335 g/mol. The minimum Gasteiger partial charge on any atom is -0.402 e. The number of nitrogens with zero attached hydrogens (tertiary/aromatic N) is 2. The Hall–Kier alpha value is -2.99. The third-order valence-corrected chi connectivity index (χ3v) is 4.49. The van der Waals surface area contributed by atoms with Crippen LogP contribution in [0.2, 0.25) is 0 Å². The fourth-order valence-electron chi connectivity index (χ4n) is 2.56. The van der Waals surface area contributed by atoms with E-state index in [0.29, 0.717) is 5.89 Å². The Kier molecular flexibility index (Phi) is 3.80. The van der Waals surface area contributed by atoms with Gasteiger partial charge in [-0.1, -0.05) is 53.6 Å². The number of fused-ring (bicyclic) bond motifs is 1. The van der Waals surface area contributed by atoms with E-state index in [0.717, 1.165) is 21.2 Å². The first-order valence-electron chi connectivity index (χ1n) is 7.43. The van der Waals surface area contributed by atoms with Crippen LogP contribution in [0.1, 0.15) is 5.56 Å². The molecule has 2 aromatic heterocycles. The van der Waals surface area contributed by atoms with E-state index in [-0.39, 0.29) is 18.3 Å². The van der Waals surface area contributed by atoms with Crippen molar-refractivity contribution in [2.24, 2.45) is 0 Å². The van der Waals surface area contributed by atoms with E-state index in [1.165, 1.54) is 11.3 Å². The molecule has 118 valence electrons. The zero-order chi connectivity index (χ0) is 16.4. The third-order valence-electron chi connectivity index (χ3n) is 3.63. The topological polar surface area (TPSA) is 68.0 Å². The number of nitrogens with one attached hydrogen (secondary N) is 1. The van der Waals surface area contributed by atoms with Crippen LogP contribution in [-0.2, 0) is 11.2 Å². The van der Waals surface area contributed by atoms with Crippen molar-refractivity contribution in [3.8, 4) is 10.8 Å². The summed E-state index contributed by atoms with van der Waals surface area (Å²) in [7, 11) is 0. The van der Waals surface area contributed by atoms with E-state index in [1.54, 1.807) is 0 Å². The molecule has 4 rings (SSSR count). The van der Waals surface area contributed by atoms with Gasteiger partial charge in [-0.2, -0.15) is 0 Å².